The van der Waals surface area contributed by atoms with Crippen LogP contribution < -0.4 is 0 Å². The Morgan fingerprint density at radius 3 is 1.62 bits per heavy atom. The van der Waals surface area contributed by atoms with Gasteiger partial charge in [0.15, 0.2) is 0 Å². The van der Waals surface area contributed by atoms with E-state index >= 15 is 0 Å². The second-order valence-corrected chi connectivity index (χ2v) is 5.88. The van der Waals surface area contributed by atoms with Crippen molar-refractivity contribution in [3.8, 4) is 11.5 Å². The van der Waals surface area contributed by atoms with E-state index in [0.717, 1.165) is 21.9 Å². The molecule has 0 unspecified atom stereocenters. The molecule has 0 aliphatic heterocycles. The van der Waals surface area contributed by atoms with E-state index in [1.54, 1.807) is 12.4 Å². The van der Waals surface area contributed by atoms with Crippen LogP contribution in [0.2, 0.25) is 0 Å². The molecule has 4 rings (SSSR count). The first-order chi connectivity index (χ1) is 11.7. The molecule has 2 heterocycles. The van der Waals surface area contributed by atoms with Crippen molar-refractivity contribution >= 4 is 21.8 Å². The van der Waals surface area contributed by atoms with Crippen molar-refractivity contribution < 1.29 is 10.2 Å². The van der Waals surface area contributed by atoms with E-state index in [2.05, 4.69) is 9.97 Å². The van der Waals surface area contributed by atoms with Gasteiger partial charge in [-0.2, -0.15) is 0 Å². The largest absolute Gasteiger partial charge is 0.505 e. The highest BCUT2D eigenvalue weighted by Gasteiger charge is 2.19. The summed E-state index contributed by atoms with van der Waals surface area (Å²) in [6.45, 7) is 1.95. The number of aromatic nitrogens is 2. The molecule has 0 aliphatic rings. The number of rotatable bonds is 2. The van der Waals surface area contributed by atoms with E-state index < -0.39 is 0 Å². The zero-order valence-corrected chi connectivity index (χ0v) is 13.1. The number of benzene rings is 2. The van der Waals surface area contributed by atoms with E-state index in [4.69, 9.17) is 0 Å². The maximum Gasteiger partial charge on any atom is 0.145 e. The predicted molar refractivity (Wildman–Crippen MR) is 94.3 cm³/mol. The number of phenols is 2. The lowest BCUT2D eigenvalue weighted by Crippen LogP contribution is -1.99. The minimum atomic E-state index is -0.192. The summed E-state index contributed by atoms with van der Waals surface area (Å²) in [5, 5.41) is 23.0. The number of pyridine rings is 2. The van der Waals surface area contributed by atoms with Crippen LogP contribution in [0.1, 0.15) is 24.0 Å². The molecule has 2 N–H and O–H groups in total. The fourth-order valence-corrected chi connectivity index (χ4v) is 3.16. The normalized spacial score (nSPS) is 11.4. The van der Waals surface area contributed by atoms with E-state index in [1.165, 1.54) is 0 Å². The third-order valence-electron chi connectivity index (χ3n) is 4.49. The summed E-state index contributed by atoms with van der Waals surface area (Å²) < 4.78 is 0. The number of fused-ring (bicyclic) bond motifs is 2. The number of aromatic hydroxyl groups is 2. The van der Waals surface area contributed by atoms with Gasteiger partial charge < -0.3 is 10.2 Å². The predicted octanol–water partition coefficient (Wildman–Crippen LogP) is 4.35. The third-order valence-corrected chi connectivity index (χ3v) is 4.49. The van der Waals surface area contributed by atoms with Gasteiger partial charge in [-0.15, -0.1) is 0 Å². The molecular formula is C20H16N2O2. The van der Waals surface area contributed by atoms with Crippen molar-refractivity contribution in [2.45, 2.75) is 12.8 Å². The highest BCUT2D eigenvalue weighted by atomic mass is 16.3. The summed E-state index contributed by atoms with van der Waals surface area (Å²) in [5.41, 5.74) is 2.60. The lowest BCUT2D eigenvalue weighted by atomic mass is 9.90. The number of nitrogens with zero attached hydrogens (tertiary/aromatic N) is 2. The molecule has 0 aliphatic carbocycles. The molecule has 0 atom stereocenters. The van der Waals surface area contributed by atoms with Gasteiger partial charge in [0.1, 0.15) is 22.5 Å². The van der Waals surface area contributed by atoms with Gasteiger partial charge in [-0.25, -0.2) is 0 Å². The Morgan fingerprint density at radius 1 is 0.708 bits per heavy atom. The molecule has 2 aromatic carbocycles. The topological polar surface area (TPSA) is 66.2 Å². The minimum Gasteiger partial charge on any atom is -0.505 e. The van der Waals surface area contributed by atoms with Crippen LogP contribution in [0.3, 0.4) is 0 Å². The molecular weight excluding hydrogens is 300 g/mol. The van der Waals surface area contributed by atoms with Crippen LogP contribution in [0.25, 0.3) is 21.8 Å². The van der Waals surface area contributed by atoms with Crippen molar-refractivity contribution in [1.29, 1.82) is 0 Å². The standard InChI is InChI=1S/C20H16N2O2/c1-12(15-8-6-13-4-2-10-21-17(13)19(15)23)16-9-7-14-5-3-11-22-18(14)20(16)24/h2-12,23-24H,1H3. The monoisotopic (exact) mass is 316 g/mol. The maximum absolute atomic E-state index is 10.6. The van der Waals surface area contributed by atoms with Crippen LogP contribution in [0, 0.1) is 0 Å². The van der Waals surface area contributed by atoms with Crippen LogP contribution in [-0.2, 0) is 0 Å². The lowest BCUT2D eigenvalue weighted by Gasteiger charge is -2.17. The summed E-state index contributed by atoms with van der Waals surface area (Å²) in [6, 6.07) is 15.1. The lowest BCUT2D eigenvalue weighted by molar-refractivity contribution is 0.462. The van der Waals surface area contributed by atoms with E-state index in [-0.39, 0.29) is 17.4 Å². The molecule has 4 nitrogen and oxygen atoms in total. The van der Waals surface area contributed by atoms with Crippen molar-refractivity contribution in [1.82, 2.24) is 9.97 Å². The first-order valence-electron chi connectivity index (χ1n) is 7.80. The van der Waals surface area contributed by atoms with E-state index in [1.807, 2.05) is 55.5 Å². The fourth-order valence-electron chi connectivity index (χ4n) is 3.16. The average molecular weight is 316 g/mol. The number of hydrogen-bond acceptors (Lipinski definition) is 4. The van der Waals surface area contributed by atoms with Gasteiger partial charge in [-0.05, 0) is 12.1 Å². The second-order valence-electron chi connectivity index (χ2n) is 5.88. The molecule has 0 saturated heterocycles. The van der Waals surface area contributed by atoms with Crippen LogP contribution in [0.15, 0.2) is 60.9 Å². The van der Waals surface area contributed by atoms with Crippen LogP contribution in [0.4, 0.5) is 0 Å². The Morgan fingerprint density at radius 2 is 1.17 bits per heavy atom. The minimum absolute atomic E-state index is 0.154. The van der Waals surface area contributed by atoms with Gasteiger partial charge in [-0.1, -0.05) is 43.3 Å². The summed E-state index contributed by atoms with van der Waals surface area (Å²) in [6.07, 6.45) is 3.32. The maximum atomic E-state index is 10.6. The number of phenolic OH excluding ortho intramolecular Hbond substituents is 2. The molecule has 0 radical (unpaired) electrons. The Balaban J connectivity index is 1.89. The molecule has 0 amide bonds. The van der Waals surface area contributed by atoms with E-state index in [9.17, 15) is 10.2 Å². The highest BCUT2D eigenvalue weighted by Crippen LogP contribution is 2.40. The van der Waals surface area contributed by atoms with Crippen molar-refractivity contribution in [3.63, 3.8) is 0 Å². The van der Waals surface area contributed by atoms with Crippen molar-refractivity contribution in [2.24, 2.45) is 0 Å². The average Bonchev–Trinajstić information content (AvgIpc) is 2.62. The molecule has 4 heteroatoms. The fraction of sp³-hybridized carbons (Fsp3) is 0.100. The van der Waals surface area contributed by atoms with Gasteiger partial charge in [0.2, 0.25) is 0 Å². The second kappa shape index (κ2) is 5.49. The first-order valence-corrected chi connectivity index (χ1v) is 7.80. The zero-order valence-electron chi connectivity index (χ0n) is 13.1. The Kier molecular flexibility index (Phi) is 3.31. The molecule has 4 aromatic rings. The highest BCUT2D eigenvalue weighted by molar-refractivity contribution is 5.87. The van der Waals surface area contributed by atoms with E-state index in [0.29, 0.717) is 11.0 Å². The smallest absolute Gasteiger partial charge is 0.145 e. The molecule has 0 bridgehead atoms. The van der Waals surface area contributed by atoms with Gasteiger partial charge >= 0.3 is 0 Å². The Bertz CT molecular complexity index is 975. The van der Waals surface area contributed by atoms with Crippen LogP contribution in [0.5, 0.6) is 11.5 Å². The molecule has 24 heavy (non-hydrogen) atoms. The van der Waals surface area contributed by atoms with Crippen LogP contribution in [-0.4, -0.2) is 20.2 Å². The van der Waals surface area contributed by atoms with Gasteiger partial charge in [0, 0.05) is 40.2 Å². The van der Waals surface area contributed by atoms with Crippen LogP contribution >= 0.6 is 0 Å². The van der Waals surface area contributed by atoms with Crippen molar-refractivity contribution in [3.05, 3.63) is 72.1 Å². The molecule has 118 valence electrons. The SMILES string of the molecule is CC(c1ccc2cccnc2c1O)c1ccc2cccnc2c1O. The quantitative estimate of drug-likeness (QED) is 0.577. The molecule has 2 aromatic heterocycles. The first kappa shape index (κ1) is 14.5. The summed E-state index contributed by atoms with van der Waals surface area (Å²) in [5.74, 6) is 0.116. The van der Waals surface area contributed by atoms with Gasteiger partial charge in [-0.3, -0.25) is 9.97 Å². The zero-order chi connectivity index (χ0) is 16.7. The summed E-state index contributed by atoms with van der Waals surface area (Å²) >= 11 is 0. The van der Waals surface area contributed by atoms with Gasteiger partial charge in [0.05, 0.1) is 0 Å². The number of hydrogen-bond donors (Lipinski definition) is 2. The van der Waals surface area contributed by atoms with Crippen molar-refractivity contribution in [2.75, 3.05) is 0 Å². The Hall–Kier alpha value is -3.14. The molecule has 0 fully saturated rings. The summed E-state index contributed by atoms with van der Waals surface area (Å²) in [4.78, 5) is 8.53. The molecule has 0 spiro atoms. The third kappa shape index (κ3) is 2.15. The molecule has 0 saturated carbocycles. The van der Waals surface area contributed by atoms with Gasteiger partial charge in [0.25, 0.3) is 0 Å². The Labute approximate surface area is 139 Å². The summed E-state index contributed by atoms with van der Waals surface area (Å²) in [7, 11) is 0.